The van der Waals surface area contributed by atoms with Gasteiger partial charge < -0.3 is 19.1 Å². The lowest BCUT2D eigenvalue weighted by molar-refractivity contribution is -0.117. The average Bonchev–Trinajstić information content (AvgIpc) is 2.65. The minimum Gasteiger partial charge on any atom is -0.449 e. The van der Waals surface area contributed by atoms with Crippen LogP contribution in [0.2, 0.25) is 0 Å². The van der Waals surface area contributed by atoms with Crippen LogP contribution in [0.25, 0.3) is 0 Å². The number of benzene rings is 1. The fourth-order valence-corrected chi connectivity index (χ4v) is 3.32. The van der Waals surface area contributed by atoms with Crippen molar-refractivity contribution >= 4 is 23.8 Å². The number of hydrogen-bond acceptors (Lipinski definition) is 6. The monoisotopic (exact) mass is 430 g/mol. The Kier molecular flexibility index (Phi) is 6.02. The van der Waals surface area contributed by atoms with Crippen molar-refractivity contribution in [3.8, 4) is 5.75 Å². The molecule has 0 atom stereocenters. The number of imide groups is 1. The Morgan fingerprint density at radius 1 is 0.903 bits per heavy atom. The van der Waals surface area contributed by atoms with Gasteiger partial charge in [-0.25, -0.2) is 14.5 Å². The number of fused-ring (bicyclic) bond motifs is 1. The van der Waals surface area contributed by atoms with E-state index in [9.17, 15) is 14.4 Å². The third kappa shape index (κ3) is 5.37. The SMILES string of the molecule is CC(C)(C)OC(=O)N1CCC(=C2Oc3ccccc3N(C(=O)OC(C)(C)C)C2=O)CC1. The molecule has 0 unspecified atom stereocenters. The highest BCUT2D eigenvalue weighted by atomic mass is 16.6. The molecule has 0 bridgehead atoms. The zero-order valence-corrected chi connectivity index (χ0v) is 19.0. The highest BCUT2D eigenvalue weighted by Crippen LogP contribution is 2.38. The largest absolute Gasteiger partial charge is 0.449 e. The summed E-state index contributed by atoms with van der Waals surface area (Å²) in [5.41, 5.74) is -0.225. The minimum atomic E-state index is -0.753. The first-order valence-electron chi connectivity index (χ1n) is 10.4. The number of piperidine rings is 1. The number of hydrogen-bond donors (Lipinski definition) is 0. The molecule has 168 valence electrons. The quantitative estimate of drug-likeness (QED) is 0.558. The summed E-state index contributed by atoms with van der Waals surface area (Å²) in [6, 6.07) is 6.85. The number of amides is 3. The van der Waals surface area contributed by atoms with Gasteiger partial charge in [-0.15, -0.1) is 0 Å². The van der Waals surface area contributed by atoms with Gasteiger partial charge in [-0.2, -0.15) is 0 Å². The molecule has 8 nitrogen and oxygen atoms in total. The van der Waals surface area contributed by atoms with E-state index in [-0.39, 0.29) is 11.9 Å². The maximum Gasteiger partial charge on any atom is 0.422 e. The second kappa shape index (κ2) is 8.24. The summed E-state index contributed by atoms with van der Waals surface area (Å²) in [6.07, 6.45) is -0.236. The normalized spacial score (nSPS) is 17.2. The highest BCUT2D eigenvalue weighted by molar-refractivity contribution is 6.20. The molecule has 31 heavy (non-hydrogen) atoms. The minimum absolute atomic E-state index is 0.119. The zero-order chi connectivity index (χ0) is 23.0. The Bertz CT molecular complexity index is 913. The predicted molar refractivity (Wildman–Crippen MR) is 115 cm³/mol. The van der Waals surface area contributed by atoms with E-state index < -0.39 is 23.2 Å². The van der Waals surface area contributed by atoms with Crippen molar-refractivity contribution in [2.24, 2.45) is 0 Å². The van der Waals surface area contributed by atoms with Crippen LogP contribution >= 0.6 is 0 Å². The predicted octanol–water partition coefficient (Wildman–Crippen LogP) is 4.63. The summed E-state index contributed by atoms with van der Waals surface area (Å²) in [6.45, 7) is 11.5. The van der Waals surface area contributed by atoms with E-state index in [2.05, 4.69) is 0 Å². The topological polar surface area (TPSA) is 85.4 Å². The van der Waals surface area contributed by atoms with E-state index in [0.717, 1.165) is 10.5 Å². The number of anilines is 1. The van der Waals surface area contributed by atoms with Crippen LogP contribution in [0.3, 0.4) is 0 Å². The van der Waals surface area contributed by atoms with Crippen LogP contribution in [0, 0.1) is 0 Å². The zero-order valence-electron chi connectivity index (χ0n) is 19.0. The molecule has 8 heteroatoms. The van der Waals surface area contributed by atoms with Crippen LogP contribution in [-0.4, -0.2) is 47.3 Å². The van der Waals surface area contributed by atoms with Gasteiger partial charge in [0.15, 0.2) is 11.5 Å². The first-order chi connectivity index (χ1) is 14.4. The molecule has 2 aliphatic heterocycles. The van der Waals surface area contributed by atoms with Gasteiger partial charge in [-0.05, 0) is 72.1 Å². The first kappa shape index (κ1) is 22.7. The van der Waals surface area contributed by atoms with Crippen molar-refractivity contribution in [3.63, 3.8) is 0 Å². The van der Waals surface area contributed by atoms with Crippen LogP contribution in [0.4, 0.5) is 15.3 Å². The number of rotatable bonds is 0. The number of nitrogens with zero attached hydrogens (tertiary/aromatic N) is 2. The first-order valence-corrected chi connectivity index (χ1v) is 10.4. The molecule has 0 saturated carbocycles. The Morgan fingerprint density at radius 3 is 2.03 bits per heavy atom. The van der Waals surface area contributed by atoms with Gasteiger partial charge in [0.1, 0.15) is 11.2 Å². The third-order valence-corrected chi connectivity index (χ3v) is 4.63. The van der Waals surface area contributed by atoms with Crippen molar-refractivity contribution in [2.75, 3.05) is 18.0 Å². The maximum absolute atomic E-state index is 13.3. The summed E-state index contributed by atoms with van der Waals surface area (Å²) in [5, 5.41) is 0. The molecule has 1 saturated heterocycles. The molecular formula is C23H30N2O6. The average molecular weight is 431 g/mol. The lowest BCUT2D eigenvalue weighted by atomic mass is 10.0. The molecule has 0 radical (unpaired) electrons. The number of likely N-dealkylation sites (tertiary alicyclic amines) is 1. The molecule has 0 N–H and O–H groups in total. The van der Waals surface area contributed by atoms with E-state index in [1.54, 1.807) is 49.9 Å². The number of carbonyl (C=O) groups excluding carboxylic acids is 3. The second-order valence-corrected chi connectivity index (χ2v) is 9.59. The Balaban J connectivity index is 1.84. The van der Waals surface area contributed by atoms with E-state index >= 15 is 0 Å². The van der Waals surface area contributed by atoms with Crippen LogP contribution in [-0.2, 0) is 14.3 Å². The lowest BCUT2D eigenvalue weighted by Crippen LogP contribution is -2.46. The number of carbonyl (C=O) groups is 3. The summed E-state index contributed by atoms with van der Waals surface area (Å²) in [7, 11) is 0. The summed E-state index contributed by atoms with van der Waals surface area (Å²) >= 11 is 0. The summed E-state index contributed by atoms with van der Waals surface area (Å²) in [5.74, 6) is -0.0351. The molecule has 0 aromatic heterocycles. The maximum atomic E-state index is 13.3. The van der Waals surface area contributed by atoms with E-state index in [4.69, 9.17) is 14.2 Å². The molecule has 1 fully saturated rings. The summed E-state index contributed by atoms with van der Waals surface area (Å²) < 4.78 is 16.8. The molecule has 1 aromatic rings. The Morgan fingerprint density at radius 2 is 1.45 bits per heavy atom. The molecular weight excluding hydrogens is 400 g/mol. The van der Waals surface area contributed by atoms with Gasteiger partial charge in [-0.3, -0.25) is 4.79 Å². The van der Waals surface area contributed by atoms with Crippen molar-refractivity contribution in [1.29, 1.82) is 0 Å². The van der Waals surface area contributed by atoms with Crippen LogP contribution in [0.1, 0.15) is 54.4 Å². The standard InChI is InChI=1S/C23H30N2O6/c1-22(2,3)30-20(27)24-13-11-15(12-14-24)18-19(26)25(21(28)31-23(4,5)6)16-9-7-8-10-17(16)29-18/h7-10H,11-14H2,1-6H3. The fraction of sp³-hybridized carbons (Fsp3) is 0.522. The molecule has 3 rings (SSSR count). The van der Waals surface area contributed by atoms with Gasteiger partial charge in [0.25, 0.3) is 0 Å². The second-order valence-electron chi connectivity index (χ2n) is 9.59. The van der Waals surface area contributed by atoms with Crippen molar-refractivity contribution < 1.29 is 28.6 Å². The highest BCUT2D eigenvalue weighted by Gasteiger charge is 2.39. The molecule has 3 amide bonds. The molecule has 2 aliphatic rings. The van der Waals surface area contributed by atoms with Gasteiger partial charge in [-0.1, -0.05) is 12.1 Å². The van der Waals surface area contributed by atoms with Crippen molar-refractivity contribution in [3.05, 3.63) is 35.6 Å². The van der Waals surface area contributed by atoms with Crippen molar-refractivity contribution in [1.82, 2.24) is 4.90 Å². The number of ether oxygens (including phenoxy) is 3. The van der Waals surface area contributed by atoms with Gasteiger partial charge >= 0.3 is 18.1 Å². The molecule has 2 heterocycles. The van der Waals surface area contributed by atoms with Gasteiger partial charge in [0, 0.05) is 13.1 Å². The fourth-order valence-electron chi connectivity index (χ4n) is 3.32. The van der Waals surface area contributed by atoms with Crippen molar-refractivity contribution in [2.45, 2.75) is 65.6 Å². The molecule has 0 aliphatic carbocycles. The van der Waals surface area contributed by atoms with E-state index in [0.29, 0.717) is 37.4 Å². The molecule has 1 aromatic carbocycles. The number of para-hydroxylation sites is 2. The molecule has 0 spiro atoms. The van der Waals surface area contributed by atoms with Crippen LogP contribution in [0.15, 0.2) is 35.6 Å². The third-order valence-electron chi connectivity index (χ3n) is 4.63. The smallest absolute Gasteiger partial charge is 0.422 e. The van der Waals surface area contributed by atoms with E-state index in [1.807, 2.05) is 20.8 Å². The Hall–Kier alpha value is -3.03. The van der Waals surface area contributed by atoms with Crippen LogP contribution in [0.5, 0.6) is 5.75 Å². The lowest BCUT2D eigenvalue weighted by Gasteiger charge is -2.34. The Labute approximate surface area is 182 Å². The van der Waals surface area contributed by atoms with Crippen LogP contribution < -0.4 is 9.64 Å². The summed E-state index contributed by atoms with van der Waals surface area (Å²) in [4.78, 5) is 41.0. The van der Waals surface area contributed by atoms with Gasteiger partial charge in [0.2, 0.25) is 0 Å². The van der Waals surface area contributed by atoms with Gasteiger partial charge in [0.05, 0.1) is 5.69 Å². The van der Waals surface area contributed by atoms with E-state index in [1.165, 1.54) is 0 Å².